The number of fused-ring (bicyclic) bond motifs is 1. The lowest BCUT2D eigenvalue weighted by Crippen LogP contribution is -1.89. The molecular formula is C9H10N2. The molecule has 0 aromatic carbocycles. The number of hydrogen-bond donors (Lipinski definition) is 1. The molecule has 11 heavy (non-hydrogen) atoms. The van der Waals surface area contributed by atoms with Crippen molar-refractivity contribution in [1.29, 1.82) is 0 Å². The molecule has 0 bridgehead atoms. The van der Waals surface area contributed by atoms with E-state index in [1.165, 1.54) is 16.8 Å². The molecular weight excluding hydrogens is 136 g/mol. The van der Waals surface area contributed by atoms with Gasteiger partial charge in [-0.1, -0.05) is 12.1 Å². The van der Waals surface area contributed by atoms with E-state index in [0.717, 1.165) is 5.69 Å². The second-order valence-electron chi connectivity index (χ2n) is 2.81. The topological polar surface area (TPSA) is 28.7 Å². The molecule has 0 radical (unpaired) electrons. The summed E-state index contributed by atoms with van der Waals surface area (Å²) in [4.78, 5) is 7.32. The van der Waals surface area contributed by atoms with Gasteiger partial charge in [0.05, 0.1) is 12.0 Å². The first kappa shape index (κ1) is 6.40. The minimum Gasteiger partial charge on any atom is -0.349 e. The Balaban J connectivity index is 2.79. The van der Waals surface area contributed by atoms with E-state index in [-0.39, 0.29) is 0 Å². The summed E-state index contributed by atoms with van der Waals surface area (Å²) in [5, 5.41) is 0. The van der Waals surface area contributed by atoms with Gasteiger partial charge in [0.2, 0.25) is 0 Å². The molecule has 2 nitrogen and oxygen atoms in total. The second kappa shape index (κ2) is 2.09. The summed E-state index contributed by atoms with van der Waals surface area (Å²) in [6.07, 6.45) is 1.74. The standard InChI is InChI=1S/C9H10N2/c1-6-3-4-8-7(2)10-5-11-9(6)8/h3-5H,1-2H3,(H,10,11). The van der Waals surface area contributed by atoms with E-state index in [9.17, 15) is 0 Å². The molecule has 0 atom stereocenters. The van der Waals surface area contributed by atoms with Crippen molar-refractivity contribution < 1.29 is 0 Å². The average molecular weight is 146 g/mol. The third-order valence-corrected chi connectivity index (χ3v) is 2.01. The first-order chi connectivity index (χ1) is 5.29. The minimum atomic E-state index is 1.11. The van der Waals surface area contributed by atoms with Crippen molar-refractivity contribution in [1.82, 2.24) is 9.97 Å². The molecule has 0 saturated heterocycles. The Morgan fingerprint density at radius 1 is 1.27 bits per heavy atom. The summed E-state index contributed by atoms with van der Waals surface area (Å²) in [6, 6.07) is 4.20. The second-order valence-corrected chi connectivity index (χ2v) is 2.81. The van der Waals surface area contributed by atoms with Crippen LogP contribution in [0.25, 0.3) is 11.3 Å². The largest absolute Gasteiger partial charge is 0.349 e. The summed E-state index contributed by atoms with van der Waals surface area (Å²) in [7, 11) is 0. The van der Waals surface area contributed by atoms with Crippen LogP contribution in [0.4, 0.5) is 0 Å². The van der Waals surface area contributed by atoms with E-state index in [1.807, 2.05) is 0 Å². The molecule has 0 fully saturated rings. The smallest absolute Gasteiger partial charge is 0.0928 e. The molecule has 0 aromatic heterocycles. The van der Waals surface area contributed by atoms with Crippen molar-refractivity contribution in [2.24, 2.45) is 0 Å². The molecule has 0 unspecified atom stereocenters. The highest BCUT2D eigenvalue weighted by Crippen LogP contribution is 2.25. The molecule has 1 N–H and O–H groups in total. The Bertz CT molecular complexity index is 349. The Labute approximate surface area is 65.6 Å². The molecule has 0 spiro atoms. The lowest BCUT2D eigenvalue weighted by Gasteiger charge is -2.01. The number of hydrogen-bond acceptors (Lipinski definition) is 1. The zero-order chi connectivity index (χ0) is 7.84. The SMILES string of the molecule is Cc1ccc2c(C)[nH]cnc1-2. The lowest BCUT2D eigenvalue weighted by atomic mass is 10.2. The van der Waals surface area contributed by atoms with Crippen molar-refractivity contribution in [3.63, 3.8) is 0 Å². The van der Waals surface area contributed by atoms with E-state index in [0.29, 0.717) is 0 Å². The van der Waals surface area contributed by atoms with Gasteiger partial charge in [0.15, 0.2) is 0 Å². The summed E-state index contributed by atoms with van der Waals surface area (Å²) in [5.74, 6) is 0. The van der Waals surface area contributed by atoms with Crippen LogP contribution in [0, 0.1) is 13.8 Å². The number of nitrogens with zero attached hydrogens (tertiary/aromatic N) is 1. The maximum absolute atomic E-state index is 4.25. The van der Waals surface area contributed by atoms with E-state index in [1.54, 1.807) is 6.33 Å². The number of aryl methyl sites for hydroxylation is 2. The number of H-pyrrole nitrogens is 1. The predicted molar refractivity (Wildman–Crippen MR) is 44.7 cm³/mol. The highest BCUT2D eigenvalue weighted by Gasteiger charge is 2.08. The van der Waals surface area contributed by atoms with Gasteiger partial charge in [0.25, 0.3) is 0 Å². The molecule has 2 rings (SSSR count). The molecule has 0 amide bonds. The van der Waals surface area contributed by atoms with Gasteiger partial charge in [-0.3, -0.25) is 0 Å². The Hall–Kier alpha value is -1.31. The lowest BCUT2D eigenvalue weighted by molar-refractivity contribution is 1.10. The van der Waals surface area contributed by atoms with Crippen molar-refractivity contribution in [3.05, 3.63) is 29.7 Å². The normalized spacial score (nSPS) is 10.7. The fourth-order valence-corrected chi connectivity index (χ4v) is 1.32. The van der Waals surface area contributed by atoms with Crippen LogP contribution in [-0.4, -0.2) is 9.97 Å². The third kappa shape index (κ3) is 0.827. The Kier molecular flexibility index (Phi) is 1.22. The maximum atomic E-state index is 4.25. The van der Waals surface area contributed by atoms with Crippen LogP contribution < -0.4 is 0 Å². The van der Waals surface area contributed by atoms with Gasteiger partial charge in [-0.25, -0.2) is 4.98 Å². The fourth-order valence-electron chi connectivity index (χ4n) is 1.32. The van der Waals surface area contributed by atoms with Gasteiger partial charge in [-0.05, 0) is 19.4 Å². The average Bonchev–Trinajstić information content (AvgIpc) is 2.35. The van der Waals surface area contributed by atoms with Crippen molar-refractivity contribution in [2.45, 2.75) is 13.8 Å². The molecule has 0 saturated carbocycles. The van der Waals surface area contributed by atoms with Gasteiger partial charge in [-0.2, -0.15) is 0 Å². The van der Waals surface area contributed by atoms with Gasteiger partial charge >= 0.3 is 0 Å². The monoisotopic (exact) mass is 146 g/mol. The molecule has 2 heteroatoms. The van der Waals surface area contributed by atoms with Crippen molar-refractivity contribution in [3.8, 4) is 11.3 Å². The molecule has 0 aromatic rings. The van der Waals surface area contributed by atoms with Crippen LogP contribution in [0.2, 0.25) is 0 Å². The molecule has 1 aliphatic heterocycles. The van der Waals surface area contributed by atoms with E-state index in [2.05, 4.69) is 35.9 Å². The summed E-state index contributed by atoms with van der Waals surface area (Å²) in [5.41, 5.74) is 4.77. The molecule has 1 heterocycles. The number of aromatic amines is 1. The van der Waals surface area contributed by atoms with Crippen molar-refractivity contribution >= 4 is 0 Å². The van der Waals surface area contributed by atoms with Crippen LogP contribution in [-0.2, 0) is 0 Å². The zero-order valence-electron chi connectivity index (χ0n) is 6.68. The first-order valence-corrected chi connectivity index (χ1v) is 3.68. The van der Waals surface area contributed by atoms with Gasteiger partial charge in [0, 0.05) is 11.3 Å². The summed E-state index contributed by atoms with van der Waals surface area (Å²) >= 11 is 0. The van der Waals surface area contributed by atoms with Gasteiger partial charge < -0.3 is 4.98 Å². The number of rotatable bonds is 0. The van der Waals surface area contributed by atoms with Crippen LogP contribution in [0.5, 0.6) is 0 Å². The highest BCUT2D eigenvalue weighted by molar-refractivity contribution is 5.68. The van der Waals surface area contributed by atoms with E-state index in [4.69, 9.17) is 0 Å². The zero-order valence-corrected chi connectivity index (χ0v) is 6.68. The Morgan fingerprint density at radius 2 is 2.09 bits per heavy atom. The van der Waals surface area contributed by atoms with Crippen LogP contribution in [0.1, 0.15) is 11.3 Å². The van der Waals surface area contributed by atoms with E-state index < -0.39 is 0 Å². The predicted octanol–water partition coefficient (Wildman–Crippen LogP) is 2.13. The number of aromatic nitrogens is 2. The quantitative estimate of drug-likeness (QED) is 0.606. The molecule has 56 valence electrons. The fraction of sp³-hybridized carbons (Fsp3) is 0.222. The number of nitrogens with one attached hydrogen (secondary N) is 1. The van der Waals surface area contributed by atoms with Crippen LogP contribution in [0.15, 0.2) is 18.5 Å². The van der Waals surface area contributed by atoms with Crippen LogP contribution in [0.3, 0.4) is 0 Å². The molecule has 1 aliphatic carbocycles. The summed E-state index contributed by atoms with van der Waals surface area (Å²) < 4.78 is 0. The third-order valence-electron chi connectivity index (χ3n) is 2.01. The van der Waals surface area contributed by atoms with E-state index >= 15 is 0 Å². The molecule has 2 aliphatic rings. The van der Waals surface area contributed by atoms with Gasteiger partial charge in [-0.15, -0.1) is 0 Å². The summed E-state index contributed by atoms with van der Waals surface area (Å²) in [6.45, 7) is 4.14. The van der Waals surface area contributed by atoms with Gasteiger partial charge in [0.1, 0.15) is 0 Å². The highest BCUT2D eigenvalue weighted by atomic mass is 14.8. The first-order valence-electron chi connectivity index (χ1n) is 3.68. The maximum Gasteiger partial charge on any atom is 0.0928 e. The van der Waals surface area contributed by atoms with Crippen molar-refractivity contribution in [2.75, 3.05) is 0 Å². The Morgan fingerprint density at radius 3 is 2.82 bits per heavy atom. The van der Waals surface area contributed by atoms with Crippen LogP contribution >= 0.6 is 0 Å². The minimum absolute atomic E-state index is 1.11.